The van der Waals surface area contributed by atoms with E-state index < -0.39 is 0 Å². The van der Waals surface area contributed by atoms with Gasteiger partial charge in [-0.25, -0.2) is 0 Å². The fourth-order valence-electron chi connectivity index (χ4n) is 0.328. The Bertz CT molecular complexity index is 151. The zero-order chi connectivity index (χ0) is 5.98. The standard InChI is InChI=1S/C4H2N2.2Sn/c1-2-6-4-3-5-1;;/h1,4H;;. The van der Waals surface area contributed by atoms with Crippen molar-refractivity contribution in [3.63, 3.8) is 0 Å². The van der Waals surface area contributed by atoms with Crippen LogP contribution in [0.4, 0.5) is 0 Å². The molecule has 0 aliphatic rings. The maximum absolute atomic E-state index is 4.08. The Morgan fingerprint density at radius 2 is 1.38 bits per heavy atom. The molecule has 2 nitrogen and oxygen atoms in total. The SMILES string of the molecule is [Sn][c]1cn[c]([Sn])cn1. The van der Waals surface area contributed by atoms with E-state index in [1.165, 1.54) is 45.0 Å². The molecule has 8 heavy (non-hydrogen) atoms. The van der Waals surface area contributed by atoms with Gasteiger partial charge in [0.2, 0.25) is 0 Å². The average Bonchev–Trinajstić information content (AvgIpc) is 1.77. The van der Waals surface area contributed by atoms with Crippen LogP contribution in [0.3, 0.4) is 0 Å². The molecular formula is C4H2N2Sn2. The van der Waals surface area contributed by atoms with E-state index >= 15 is 0 Å². The first-order chi connectivity index (χ1) is 3.79. The number of hydrogen-bond donors (Lipinski definition) is 0. The summed E-state index contributed by atoms with van der Waals surface area (Å²) in [7, 11) is 0. The van der Waals surface area contributed by atoms with E-state index in [0.717, 1.165) is 7.42 Å². The van der Waals surface area contributed by atoms with Crippen LogP contribution in [0, 0.1) is 0 Å². The molecule has 0 bridgehead atoms. The van der Waals surface area contributed by atoms with Gasteiger partial charge in [-0.15, -0.1) is 0 Å². The van der Waals surface area contributed by atoms with Crippen LogP contribution in [0.15, 0.2) is 12.4 Å². The minimum absolute atomic E-state index is 1.07. The van der Waals surface area contributed by atoms with Gasteiger partial charge in [-0.2, -0.15) is 0 Å². The number of nitrogens with zero attached hydrogens (tertiary/aromatic N) is 2. The fraction of sp³-hybridized carbons (Fsp3) is 0. The quantitative estimate of drug-likeness (QED) is 0.521. The first-order valence-electron chi connectivity index (χ1n) is 2.04. The van der Waals surface area contributed by atoms with Gasteiger partial charge in [0.15, 0.2) is 0 Å². The van der Waals surface area contributed by atoms with Crippen molar-refractivity contribution in [3.05, 3.63) is 12.4 Å². The minimum atomic E-state index is 1.07. The van der Waals surface area contributed by atoms with Crippen molar-refractivity contribution < 1.29 is 0 Å². The van der Waals surface area contributed by atoms with Gasteiger partial charge in [-0.3, -0.25) is 0 Å². The summed E-state index contributed by atoms with van der Waals surface area (Å²) in [5.74, 6) is 0. The summed E-state index contributed by atoms with van der Waals surface area (Å²) >= 11 is 2.67. The Hall–Kier alpha value is 0.677. The van der Waals surface area contributed by atoms with Crippen LogP contribution in [-0.4, -0.2) is 55.0 Å². The van der Waals surface area contributed by atoms with Gasteiger partial charge in [0.05, 0.1) is 0 Å². The van der Waals surface area contributed by atoms with Crippen LogP contribution >= 0.6 is 0 Å². The second-order valence-corrected chi connectivity index (χ2v) is 4.21. The topological polar surface area (TPSA) is 25.8 Å². The number of rotatable bonds is 0. The average molecular weight is 315 g/mol. The third kappa shape index (κ3) is 1.89. The second-order valence-electron chi connectivity index (χ2n) is 1.29. The molecule has 1 aromatic rings. The molecule has 1 heterocycles. The Morgan fingerprint density at radius 3 is 1.62 bits per heavy atom. The molecule has 1 aromatic heterocycles. The van der Waals surface area contributed by atoms with Crippen LogP contribution < -0.4 is 7.42 Å². The summed E-state index contributed by atoms with van der Waals surface area (Å²) in [5.41, 5.74) is 0. The molecule has 0 aliphatic carbocycles. The Balaban J connectivity index is 3.03. The number of hydrogen-bond acceptors (Lipinski definition) is 2. The van der Waals surface area contributed by atoms with Crippen molar-refractivity contribution in [2.75, 3.05) is 0 Å². The number of aromatic nitrogens is 2. The predicted octanol–water partition coefficient (Wildman–Crippen LogP) is -1.94. The van der Waals surface area contributed by atoms with Gasteiger partial charge in [0, 0.05) is 0 Å². The van der Waals surface area contributed by atoms with Crippen molar-refractivity contribution in [2.45, 2.75) is 0 Å². The van der Waals surface area contributed by atoms with Crippen LogP contribution in [0.1, 0.15) is 0 Å². The van der Waals surface area contributed by atoms with Crippen LogP contribution in [0.5, 0.6) is 0 Å². The summed E-state index contributed by atoms with van der Waals surface area (Å²) < 4.78 is 2.15. The van der Waals surface area contributed by atoms with Crippen molar-refractivity contribution >= 4 is 52.5 Å². The van der Waals surface area contributed by atoms with Crippen LogP contribution in [-0.2, 0) is 0 Å². The van der Waals surface area contributed by atoms with Gasteiger partial charge in [0.1, 0.15) is 0 Å². The first kappa shape index (κ1) is 6.79. The molecule has 0 spiro atoms. The molecule has 0 fully saturated rings. The van der Waals surface area contributed by atoms with E-state index in [-0.39, 0.29) is 0 Å². The van der Waals surface area contributed by atoms with Gasteiger partial charge >= 0.3 is 74.8 Å². The van der Waals surface area contributed by atoms with E-state index in [1.54, 1.807) is 0 Å². The molecule has 0 N–H and O–H groups in total. The molecule has 6 radical (unpaired) electrons. The molecule has 0 saturated carbocycles. The first-order valence-corrected chi connectivity index (χ1v) is 4.90. The molecule has 4 heteroatoms. The van der Waals surface area contributed by atoms with Crippen LogP contribution in [0.2, 0.25) is 0 Å². The summed E-state index contributed by atoms with van der Waals surface area (Å²) in [5, 5.41) is 0. The van der Waals surface area contributed by atoms with Crippen molar-refractivity contribution in [1.82, 2.24) is 9.97 Å². The predicted molar refractivity (Wildman–Crippen MR) is 32.8 cm³/mol. The van der Waals surface area contributed by atoms with Gasteiger partial charge in [-0.05, 0) is 0 Å². The van der Waals surface area contributed by atoms with Crippen LogP contribution in [0.25, 0.3) is 0 Å². The Labute approximate surface area is 74.3 Å². The second kappa shape index (κ2) is 3.00. The van der Waals surface area contributed by atoms with Crippen molar-refractivity contribution in [3.8, 4) is 0 Å². The van der Waals surface area contributed by atoms with Gasteiger partial charge < -0.3 is 0 Å². The molecule has 0 saturated heterocycles. The molecular weight excluding hydrogens is 313 g/mol. The third-order valence-corrected chi connectivity index (χ3v) is 2.13. The van der Waals surface area contributed by atoms with Gasteiger partial charge in [0.25, 0.3) is 0 Å². The maximum atomic E-state index is 4.08. The summed E-state index contributed by atoms with van der Waals surface area (Å²) in [4.78, 5) is 8.16. The van der Waals surface area contributed by atoms with Crippen molar-refractivity contribution in [2.24, 2.45) is 0 Å². The summed E-state index contributed by atoms with van der Waals surface area (Å²) in [6.45, 7) is 0. The Kier molecular flexibility index (Phi) is 2.55. The van der Waals surface area contributed by atoms with E-state index in [1.807, 2.05) is 12.4 Å². The molecule has 36 valence electrons. The fourth-order valence-corrected chi connectivity index (χ4v) is 1.06. The molecule has 0 unspecified atom stereocenters. The molecule has 0 amide bonds. The molecule has 0 aliphatic heterocycles. The normalized spacial score (nSPS) is 9.25. The van der Waals surface area contributed by atoms with E-state index in [2.05, 4.69) is 9.97 Å². The monoisotopic (exact) mass is 318 g/mol. The molecule has 1 rings (SSSR count). The molecule has 0 aromatic carbocycles. The van der Waals surface area contributed by atoms with E-state index in [9.17, 15) is 0 Å². The third-order valence-electron chi connectivity index (χ3n) is 0.652. The van der Waals surface area contributed by atoms with E-state index in [4.69, 9.17) is 0 Å². The summed E-state index contributed by atoms with van der Waals surface area (Å²) in [6.07, 6.45) is 3.64. The Morgan fingerprint density at radius 1 is 1.00 bits per heavy atom. The zero-order valence-electron chi connectivity index (χ0n) is 4.05. The van der Waals surface area contributed by atoms with Crippen molar-refractivity contribution in [1.29, 1.82) is 0 Å². The van der Waals surface area contributed by atoms with E-state index in [0.29, 0.717) is 0 Å². The zero-order valence-corrected chi connectivity index (χ0v) is 9.76. The molecule has 0 atom stereocenters. The summed E-state index contributed by atoms with van der Waals surface area (Å²) in [6, 6.07) is 0. The van der Waals surface area contributed by atoms with Gasteiger partial charge in [-0.1, -0.05) is 0 Å².